The highest BCUT2D eigenvalue weighted by Crippen LogP contribution is 2.33. The van der Waals surface area contributed by atoms with E-state index in [0.717, 1.165) is 54.0 Å². The van der Waals surface area contributed by atoms with E-state index < -0.39 is 0 Å². The van der Waals surface area contributed by atoms with Crippen LogP contribution in [0.4, 0.5) is 0 Å². The Morgan fingerprint density at radius 1 is 1.21 bits per heavy atom. The van der Waals surface area contributed by atoms with Gasteiger partial charge < -0.3 is 4.90 Å². The van der Waals surface area contributed by atoms with E-state index in [-0.39, 0.29) is 5.91 Å². The first-order valence-electron chi connectivity index (χ1n) is 9.71. The smallest absolute Gasteiger partial charge is 0.253 e. The molecule has 28 heavy (non-hydrogen) atoms. The van der Waals surface area contributed by atoms with Crippen molar-refractivity contribution in [3.63, 3.8) is 0 Å². The maximum Gasteiger partial charge on any atom is 0.253 e. The normalized spacial score (nSPS) is 17.5. The van der Waals surface area contributed by atoms with Crippen LogP contribution >= 0.6 is 11.3 Å². The molecule has 142 valence electrons. The summed E-state index contributed by atoms with van der Waals surface area (Å²) in [5, 5.41) is 9.47. The number of benzene rings is 2. The number of nitrogens with zero attached hydrogens (tertiary/aromatic N) is 5. The second-order valence-corrected chi connectivity index (χ2v) is 8.28. The van der Waals surface area contributed by atoms with Crippen LogP contribution in [-0.2, 0) is 6.54 Å². The van der Waals surface area contributed by atoms with E-state index >= 15 is 0 Å². The van der Waals surface area contributed by atoms with Crippen LogP contribution in [-0.4, -0.2) is 43.9 Å². The zero-order chi connectivity index (χ0) is 19.1. The number of carbonyl (C=O) groups is 1. The van der Waals surface area contributed by atoms with Crippen LogP contribution in [0.5, 0.6) is 0 Å². The minimum Gasteiger partial charge on any atom is -0.338 e. The molecule has 0 N–H and O–H groups in total. The van der Waals surface area contributed by atoms with E-state index in [2.05, 4.69) is 22.4 Å². The summed E-state index contributed by atoms with van der Waals surface area (Å²) in [6, 6.07) is 13.9. The van der Waals surface area contributed by atoms with Gasteiger partial charge in [-0.05, 0) is 50.1 Å². The van der Waals surface area contributed by atoms with Crippen LogP contribution in [0.1, 0.15) is 41.0 Å². The van der Waals surface area contributed by atoms with Crippen LogP contribution in [0.15, 0.2) is 42.5 Å². The number of hydrogen-bond acceptors (Lipinski definition) is 5. The summed E-state index contributed by atoms with van der Waals surface area (Å²) < 4.78 is 3.05. The summed E-state index contributed by atoms with van der Waals surface area (Å²) in [6.07, 6.45) is 2.08. The number of aryl methyl sites for hydroxylation is 1. The molecule has 1 fully saturated rings. The molecule has 6 nitrogen and oxygen atoms in total. The lowest BCUT2D eigenvalue weighted by atomic mass is 9.98. The first-order chi connectivity index (χ1) is 13.7. The van der Waals surface area contributed by atoms with Gasteiger partial charge >= 0.3 is 0 Å². The first kappa shape index (κ1) is 17.3. The van der Waals surface area contributed by atoms with Gasteiger partial charge in [-0.25, -0.2) is 9.67 Å². The maximum absolute atomic E-state index is 13.1. The van der Waals surface area contributed by atoms with Gasteiger partial charge in [0, 0.05) is 31.1 Å². The van der Waals surface area contributed by atoms with Crippen molar-refractivity contribution in [1.82, 2.24) is 24.9 Å². The van der Waals surface area contributed by atoms with Crippen LogP contribution in [0.25, 0.3) is 21.3 Å². The van der Waals surface area contributed by atoms with Crippen molar-refractivity contribution in [3.8, 4) is 0 Å². The summed E-state index contributed by atoms with van der Waals surface area (Å²) in [4.78, 5) is 19.9. The number of likely N-dealkylation sites (tertiary alicyclic amines) is 1. The van der Waals surface area contributed by atoms with Crippen molar-refractivity contribution in [1.29, 1.82) is 0 Å². The van der Waals surface area contributed by atoms with Crippen LogP contribution in [0, 0.1) is 0 Å². The Hall–Kier alpha value is -2.80. The fourth-order valence-electron chi connectivity index (χ4n) is 3.95. The van der Waals surface area contributed by atoms with E-state index in [1.165, 1.54) is 4.70 Å². The Bertz CT molecular complexity index is 1130. The van der Waals surface area contributed by atoms with Crippen LogP contribution < -0.4 is 0 Å². The molecular weight excluding hydrogens is 370 g/mol. The van der Waals surface area contributed by atoms with Crippen molar-refractivity contribution in [3.05, 3.63) is 53.0 Å². The highest BCUT2D eigenvalue weighted by molar-refractivity contribution is 7.18. The number of fused-ring (bicyclic) bond motifs is 2. The van der Waals surface area contributed by atoms with E-state index in [4.69, 9.17) is 4.98 Å². The molecule has 1 atom stereocenters. The molecule has 5 rings (SSSR count). The zero-order valence-corrected chi connectivity index (χ0v) is 16.5. The molecule has 3 heterocycles. The molecule has 2 aromatic carbocycles. The predicted molar refractivity (Wildman–Crippen MR) is 111 cm³/mol. The quantitative estimate of drug-likeness (QED) is 0.528. The average molecular weight is 392 g/mol. The second kappa shape index (κ2) is 6.98. The number of aromatic nitrogens is 4. The molecule has 0 aliphatic carbocycles. The Balaban J connectivity index is 1.39. The number of rotatable bonds is 3. The summed E-state index contributed by atoms with van der Waals surface area (Å²) in [5.74, 6) is 0.374. The lowest BCUT2D eigenvalue weighted by molar-refractivity contribution is 0.0707. The molecule has 4 aromatic rings. The highest BCUT2D eigenvalue weighted by atomic mass is 32.1. The predicted octanol–water partition coefficient (Wildman–Crippen LogP) is 4.08. The third kappa shape index (κ3) is 2.96. The molecule has 1 aliphatic rings. The molecule has 1 saturated heterocycles. The van der Waals surface area contributed by atoms with E-state index in [9.17, 15) is 4.79 Å². The number of thiazole rings is 1. The minimum absolute atomic E-state index is 0.0683. The third-order valence-corrected chi connectivity index (χ3v) is 6.63. The average Bonchev–Trinajstić information content (AvgIpc) is 3.36. The number of amides is 1. The number of piperidine rings is 1. The highest BCUT2D eigenvalue weighted by Gasteiger charge is 2.27. The number of hydrogen-bond donors (Lipinski definition) is 0. The molecule has 2 aromatic heterocycles. The van der Waals surface area contributed by atoms with E-state index in [1.54, 1.807) is 11.3 Å². The lowest BCUT2D eigenvalue weighted by Crippen LogP contribution is -2.39. The van der Waals surface area contributed by atoms with Gasteiger partial charge in [0.05, 0.1) is 20.7 Å². The second-order valence-electron chi connectivity index (χ2n) is 7.22. The summed E-state index contributed by atoms with van der Waals surface area (Å²) in [7, 11) is 0. The van der Waals surface area contributed by atoms with Gasteiger partial charge in [-0.15, -0.1) is 16.4 Å². The molecule has 1 unspecified atom stereocenters. The number of carbonyl (C=O) groups excluding carboxylic acids is 1. The third-order valence-electron chi connectivity index (χ3n) is 5.43. The fraction of sp³-hybridized carbons (Fsp3) is 0.333. The van der Waals surface area contributed by atoms with Gasteiger partial charge in [0.1, 0.15) is 5.52 Å². The summed E-state index contributed by atoms with van der Waals surface area (Å²) in [6.45, 7) is 4.31. The molecular formula is C21H21N5OS. The molecule has 1 aliphatic heterocycles. The molecule has 7 heteroatoms. The SMILES string of the molecule is CCn1nnc2cc(C(=O)N3CCCC(c4nc5ccccc5s4)C3)ccc21. The first-order valence-corrected chi connectivity index (χ1v) is 10.5. The standard InChI is InChI=1S/C21H21N5OS/c1-2-26-18-10-9-14(12-17(18)23-24-26)21(27)25-11-5-6-15(13-25)20-22-16-7-3-4-8-19(16)28-20/h3-4,7-10,12,15H,2,5-6,11,13H2,1H3. The van der Waals surface area contributed by atoms with Gasteiger partial charge in [-0.2, -0.15) is 0 Å². The largest absolute Gasteiger partial charge is 0.338 e. The molecule has 0 bridgehead atoms. The topological polar surface area (TPSA) is 63.9 Å². The minimum atomic E-state index is 0.0683. The van der Waals surface area contributed by atoms with Crippen molar-refractivity contribution in [2.75, 3.05) is 13.1 Å². The fourth-order valence-corrected chi connectivity index (χ4v) is 5.04. The van der Waals surface area contributed by atoms with Gasteiger partial charge in [-0.1, -0.05) is 17.3 Å². The Morgan fingerprint density at radius 3 is 2.96 bits per heavy atom. The van der Waals surface area contributed by atoms with Gasteiger partial charge in [-0.3, -0.25) is 4.79 Å². The van der Waals surface area contributed by atoms with Crippen molar-refractivity contribution in [2.45, 2.75) is 32.2 Å². The van der Waals surface area contributed by atoms with Crippen molar-refractivity contribution in [2.24, 2.45) is 0 Å². The van der Waals surface area contributed by atoms with Crippen LogP contribution in [0.2, 0.25) is 0 Å². The monoisotopic (exact) mass is 391 g/mol. The Labute approximate surface area is 166 Å². The van der Waals surface area contributed by atoms with Crippen molar-refractivity contribution < 1.29 is 4.79 Å². The Morgan fingerprint density at radius 2 is 2.11 bits per heavy atom. The van der Waals surface area contributed by atoms with Crippen molar-refractivity contribution >= 4 is 38.5 Å². The van der Waals surface area contributed by atoms with Gasteiger partial charge in [0.15, 0.2) is 0 Å². The number of para-hydroxylation sites is 1. The van der Waals surface area contributed by atoms with Crippen LogP contribution in [0.3, 0.4) is 0 Å². The zero-order valence-electron chi connectivity index (χ0n) is 15.7. The van der Waals surface area contributed by atoms with E-state index in [1.807, 2.05) is 46.8 Å². The molecule has 0 spiro atoms. The maximum atomic E-state index is 13.1. The summed E-state index contributed by atoms with van der Waals surface area (Å²) >= 11 is 1.75. The van der Waals surface area contributed by atoms with Gasteiger partial charge in [0.25, 0.3) is 5.91 Å². The molecule has 0 saturated carbocycles. The lowest BCUT2D eigenvalue weighted by Gasteiger charge is -2.32. The summed E-state index contributed by atoms with van der Waals surface area (Å²) in [5.41, 5.74) is 3.47. The molecule has 1 amide bonds. The molecule has 0 radical (unpaired) electrons. The Kier molecular flexibility index (Phi) is 4.31. The van der Waals surface area contributed by atoms with Gasteiger partial charge in [0.2, 0.25) is 0 Å². The van der Waals surface area contributed by atoms with E-state index in [0.29, 0.717) is 11.5 Å².